The number of hydrogen-bond acceptors (Lipinski definition) is 5. The molecule has 0 aliphatic carbocycles. The third-order valence-electron chi connectivity index (χ3n) is 4.07. The highest BCUT2D eigenvalue weighted by Gasteiger charge is 2.24. The third-order valence-corrected chi connectivity index (χ3v) is 4.07. The van der Waals surface area contributed by atoms with Crippen LogP contribution in [0.2, 0.25) is 0 Å². The van der Waals surface area contributed by atoms with Crippen LogP contribution in [0.5, 0.6) is 0 Å². The third kappa shape index (κ3) is 2.87. The van der Waals surface area contributed by atoms with Gasteiger partial charge in [0.05, 0.1) is 5.69 Å². The van der Waals surface area contributed by atoms with E-state index in [1.807, 2.05) is 0 Å². The van der Waals surface area contributed by atoms with Crippen LogP contribution in [0.4, 0.5) is 5.95 Å². The van der Waals surface area contributed by atoms with Gasteiger partial charge in [0, 0.05) is 44.3 Å². The van der Waals surface area contributed by atoms with E-state index >= 15 is 0 Å². The van der Waals surface area contributed by atoms with Gasteiger partial charge in [-0.05, 0) is 33.0 Å². The second kappa shape index (κ2) is 5.43. The smallest absolute Gasteiger partial charge is 0.225 e. The molecular weight excluding hydrogens is 238 g/mol. The van der Waals surface area contributed by atoms with Crippen molar-refractivity contribution in [2.24, 2.45) is 0 Å². The van der Waals surface area contributed by atoms with E-state index in [0.717, 1.165) is 44.4 Å². The van der Waals surface area contributed by atoms with Crippen LogP contribution < -0.4 is 10.2 Å². The van der Waals surface area contributed by atoms with Crippen molar-refractivity contribution < 1.29 is 0 Å². The monoisotopic (exact) mass is 261 g/mol. The first-order chi connectivity index (χ1) is 9.22. The molecule has 5 nitrogen and oxygen atoms in total. The van der Waals surface area contributed by atoms with Gasteiger partial charge < -0.3 is 15.1 Å². The van der Waals surface area contributed by atoms with Crippen molar-refractivity contribution in [2.75, 3.05) is 51.2 Å². The molecule has 2 saturated heterocycles. The standard InChI is InChI=1S/C14H23N5/c1-11-9-13(12-3-6-18(2)10-12)17-14(16-11)19-7-4-15-5-8-19/h9,12,15H,3-8,10H2,1-2H3. The van der Waals surface area contributed by atoms with Crippen LogP contribution in [-0.4, -0.2) is 61.2 Å². The Labute approximate surface area is 115 Å². The van der Waals surface area contributed by atoms with Crippen LogP contribution in [0.25, 0.3) is 0 Å². The number of rotatable bonds is 2. The predicted molar refractivity (Wildman–Crippen MR) is 76.7 cm³/mol. The first-order valence-electron chi connectivity index (χ1n) is 7.22. The fourth-order valence-corrected chi connectivity index (χ4v) is 2.97. The summed E-state index contributed by atoms with van der Waals surface area (Å²) in [5.74, 6) is 1.50. The van der Waals surface area contributed by atoms with E-state index in [4.69, 9.17) is 4.98 Å². The summed E-state index contributed by atoms with van der Waals surface area (Å²) in [4.78, 5) is 14.1. The highest BCUT2D eigenvalue weighted by atomic mass is 15.3. The zero-order valence-corrected chi connectivity index (χ0v) is 11.9. The summed E-state index contributed by atoms with van der Waals surface area (Å²) >= 11 is 0. The van der Waals surface area contributed by atoms with Gasteiger partial charge in [-0.2, -0.15) is 0 Å². The Balaban J connectivity index is 1.83. The van der Waals surface area contributed by atoms with Gasteiger partial charge in [0.25, 0.3) is 0 Å². The summed E-state index contributed by atoms with van der Waals surface area (Å²) in [5.41, 5.74) is 2.32. The van der Waals surface area contributed by atoms with E-state index in [2.05, 4.69) is 40.1 Å². The molecule has 19 heavy (non-hydrogen) atoms. The molecule has 2 aliphatic rings. The zero-order chi connectivity index (χ0) is 13.2. The molecule has 1 unspecified atom stereocenters. The first kappa shape index (κ1) is 12.8. The first-order valence-corrected chi connectivity index (χ1v) is 7.22. The van der Waals surface area contributed by atoms with Gasteiger partial charge in [0.1, 0.15) is 0 Å². The van der Waals surface area contributed by atoms with Crippen molar-refractivity contribution in [1.82, 2.24) is 20.2 Å². The maximum absolute atomic E-state index is 4.83. The molecule has 0 radical (unpaired) electrons. The molecule has 1 atom stereocenters. The minimum absolute atomic E-state index is 0.577. The van der Waals surface area contributed by atoms with Crippen molar-refractivity contribution in [2.45, 2.75) is 19.3 Å². The normalized spacial score (nSPS) is 24.9. The highest BCUT2D eigenvalue weighted by Crippen LogP contribution is 2.26. The fraction of sp³-hybridized carbons (Fsp3) is 0.714. The minimum Gasteiger partial charge on any atom is -0.338 e. The molecule has 3 heterocycles. The van der Waals surface area contributed by atoms with E-state index in [1.54, 1.807) is 0 Å². The lowest BCUT2D eigenvalue weighted by atomic mass is 10.0. The molecule has 104 valence electrons. The Morgan fingerprint density at radius 2 is 2.00 bits per heavy atom. The topological polar surface area (TPSA) is 44.3 Å². The molecule has 0 amide bonds. The largest absolute Gasteiger partial charge is 0.338 e. The molecule has 1 aromatic heterocycles. The Hall–Kier alpha value is -1.20. The summed E-state index contributed by atoms with van der Waals surface area (Å²) in [6.45, 7) is 8.45. The van der Waals surface area contributed by atoms with Gasteiger partial charge in [-0.15, -0.1) is 0 Å². The van der Waals surface area contributed by atoms with Crippen LogP contribution in [0.3, 0.4) is 0 Å². The fourth-order valence-electron chi connectivity index (χ4n) is 2.97. The SMILES string of the molecule is Cc1cc(C2CCN(C)C2)nc(N2CCNCC2)n1. The van der Waals surface area contributed by atoms with Crippen LogP contribution >= 0.6 is 0 Å². The van der Waals surface area contributed by atoms with E-state index in [-0.39, 0.29) is 0 Å². The summed E-state index contributed by atoms with van der Waals surface area (Å²) in [7, 11) is 2.19. The van der Waals surface area contributed by atoms with Gasteiger partial charge in [-0.25, -0.2) is 9.97 Å². The van der Waals surface area contributed by atoms with Crippen LogP contribution in [-0.2, 0) is 0 Å². The second-order valence-corrected chi connectivity index (χ2v) is 5.72. The molecular formula is C14H23N5. The summed E-state index contributed by atoms with van der Waals surface area (Å²) in [6.07, 6.45) is 1.22. The van der Waals surface area contributed by atoms with E-state index < -0.39 is 0 Å². The number of likely N-dealkylation sites (N-methyl/N-ethyl adjacent to an activating group) is 1. The van der Waals surface area contributed by atoms with Crippen molar-refractivity contribution >= 4 is 5.95 Å². The zero-order valence-electron chi connectivity index (χ0n) is 11.9. The van der Waals surface area contributed by atoms with Crippen molar-refractivity contribution in [1.29, 1.82) is 0 Å². The van der Waals surface area contributed by atoms with Crippen molar-refractivity contribution in [3.63, 3.8) is 0 Å². The number of nitrogens with one attached hydrogen (secondary N) is 1. The van der Waals surface area contributed by atoms with Gasteiger partial charge in [0.2, 0.25) is 5.95 Å². The molecule has 2 fully saturated rings. The molecule has 5 heteroatoms. The summed E-state index contributed by atoms with van der Waals surface area (Å²) in [6, 6.07) is 2.16. The molecule has 0 bridgehead atoms. The van der Waals surface area contributed by atoms with Gasteiger partial charge in [-0.3, -0.25) is 0 Å². The number of nitrogens with zero attached hydrogens (tertiary/aromatic N) is 4. The van der Waals surface area contributed by atoms with Gasteiger partial charge in [-0.1, -0.05) is 0 Å². The molecule has 0 saturated carbocycles. The average Bonchev–Trinajstić information content (AvgIpc) is 2.86. The highest BCUT2D eigenvalue weighted by molar-refractivity contribution is 5.34. The lowest BCUT2D eigenvalue weighted by Gasteiger charge is -2.28. The maximum Gasteiger partial charge on any atom is 0.225 e. The molecule has 0 spiro atoms. The van der Waals surface area contributed by atoms with Crippen molar-refractivity contribution in [3.8, 4) is 0 Å². The second-order valence-electron chi connectivity index (χ2n) is 5.72. The van der Waals surface area contributed by atoms with E-state index in [1.165, 1.54) is 18.7 Å². The summed E-state index contributed by atoms with van der Waals surface area (Å²) < 4.78 is 0. The number of aromatic nitrogens is 2. The molecule has 0 aromatic carbocycles. The maximum atomic E-state index is 4.83. The quantitative estimate of drug-likeness (QED) is 0.845. The Bertz CT molecular complexity index is 418. The Morgan fingerprint density at radius 1 is 1.21 bits per heavy atom. The van der Waals surface area contributed by atoms with Crippen LogP contribution in [0.1, 0.15) is 23.7 Å². The van der Waals surface area contributed by atoms with E-state index in [0.29, 0.717) is 5.92 Å². The molecule has 1 N–H and O–H groups in total. The van der Waals surface area contributed by atoms with Gasteiger partial charge in [0.15, 0.2) is 0 Å². The summed E-state index contributed by atoms with van der Waals surface area (Å²) in [5, 5.41) is 3.37. The molecule has 2 aliphatic heterocycles. The number of hydrogen-bond donors (Lipinski definition) is 1. The van der Waals surface area contributed by atoms with Crippen molar-refractivity contribution in [3.05, 3.63) is 17.5 Å². The molecule has 1 aromatic rings. The number of aryl methyl sites for hydroxylation is 1. The average molecular weight is 261 g/mol. The lowest BCUT2D eigenvalue weighted by Crippen LogP contribution is -2.44. The Kier molecular flexibility index (Phi) is 3.66. The minimum atomic E-state index is 0.577. The van der Waals surface area contributed by atoms with Gasteiger partial charge >= 0.3 is 0 Å². The predicted octanol–water partition coefficient (Wildman–Crippen LogP) is 0.614. The lowest BCUT2D eigenvalue weighted by molar-refractivity contribution is 0.410. The van der Waals surface area contributed by atoms with E-state index in [9.17, 15) is 0 Å². The van der Waals surface area contributed by atoms with Crippen LogP contribution in [0.15, 0.2) is 6.07 Å². The number of likely N-dealkylation sites (tertiary alicyclic amines) is 1. The number of piperazine rings is 1. The Morgan fingerprint density at radius 3 is 2.68 bits per heavy atom. The van der Waals surface area contributed by atoms with Crippen LogP contribution in [0, 0.1) is 6.92 Å². The number of anilines is 1. The molecule has 3 rings (SSSR count).